The molecule has 1 amide bonds. The van der Waals surface area contributed by atoms with Crippen LogP contribution in [0.3, 0.4) is 0 Å². The number of halogens is 1. The second-order valence-electron chi connectivity index (χ2n) is 5.14. The molecular weight excluding hydrogens is 372 g/mol. The summed E-state index contributed by atoms with van der Waals surface area (Å²) in [5, 5.41) is 12.4. The van der Waals surface area contributed by atoms with E-state index < -0.39 is 0 Å². The summed E-state index contributed by atoms with van der Waals surface area (Å²) < 4.78 is 1.84. The van der Waals surface area contributed by atoms with E-state index in [1.165, 1.54) is 11.8 Å². The molecule has 132 valence electrons. The first-order valence-electron chi connectivity index (χ1n) is 7.66. The van der Waals surface area contributed by atoms with Crippen LogP contribution in [0.5, 0.6) is 0 Å². The van der Waals surface area contributed by atoms with Crippen molar-refractivity contribution in [2.24, 2.45) is 0 Å². The van der Waals surface area contributed by atoms with Gasteiger partial charge < -0.3 is 5.32 Å². The lowest BCUT2D eigenvalue weighted by molar-refractivity contribution is -0.113. The van der Waals surface area contributed by atoms with Gasteiger partial charge in [0, 0.05) is 29.6 Å². The summed E-state index contributed by atoms with van der Waals surface area (Å²) in [5.41, 5.74) is 1.30. The quantitative estimate of drug-likeness (QED) is 0.495. The highest BCUT2D eigenvalue weighted by molar-refractivity contribution is 7.99. The first-order chi connectivity index (χ1) is 12.7. The van der Waals surface area contributed by atoms with Crippen molar-refractivity contribution < 1.29 is 4.79 Å². The van der Waals surface area contributed by atoms with Crippen LogP contribution in [0.1, 0.15) is 0 Å². The SMILES string of the molecule is C=CCn1c(SCC(=O)Nc2ccc(Cl)cc2)nnc1-c1cnccn1. The summed E-state index contributed by atoms with van der Waals surface area (Å²) in [6.07, 6.45) is 6.54. The molecular formula is C17H15ClN6OS. The zero-order valence-corrected chi connectivity index (χ0v) is 15.2. The number of anilines is 1. The first-order valence-corrected chi connectivity index (χ1v) is 9.02. The molecule has 2 aromatic heterocycles. The third-order valence-electron chi connectivity index (χ3n) is 3.28. The van der Waals surface area contributed by atoms with Gasteiger partial charge in [0.25, 0.3) is 0 Å². The highest BCUT2D eigenvalue weighted by atomic mass is 35.5. The van der Waals surface area contributed by atoms with E-state index in [4.69, 9.17) is 11.6 Å². The van der Waals surface area contributed by atoms with Crippen molar-refractivity contribution in [2.45, 2.75) is 11.7 Å². The number of thioether (sulfide) groups is 1. The Morgan fingerprint density at radius 1 is 1.27 bits per heavy atom. The Kier molecular flexibility index (Phi) is 5.98. The normalized spacial score (nSPS) is 10.5. The number of aromatic nitrogens is 5. The van der Waals surface area contributed by atoms with Crippen LogP contribution in [0, 0.1) is 0 Å². The summed E-state index contributed by atoms with van der Waals surface area (Å²) >= 11 is 7.13. The predicted molar refractivity (Wildman–Crippen MR) is 102 cm³/mol. The molecule has 9 heteroatoms. The van der Waals surface area contributed by atoms with Crippen molar-refractivity contribution >= 4 is 35.0 Å². The van der Waals surface area contributed by atoms with Gasteiger partial charge in [-0.15, -0.1) is 16.8 Å². The van der Waals surface area contributed by atoms with E-state index in [2.05, 4.69) is 32.1 Å². The van der Waals surface area contributed by atoms with Gasteiger partial charge in [0.05, 0.1) is 11.9 Å². The third kappa shape index (κ3) is 4.47. The van der Waals surface area contributed by atoms with Crippen LogP contribution in [0.2, 0.25) is 5.02 Å². The summed E-state index contributed by atoms with van der Waals surface area (Å²) in [6.45, 7) is 4.26. The molecule has 26 heavy (non-hydrogen) atoms. The van der Waals surface area contributed by atoms with Crippen molar-refractivity contribution in [3.8, 4) is 11.5 Å². The standard InChI is InChI=1S/C17H15ClN6OS/c1-2-9-24-16(14-10-19-7-8-20-14)22-23-17(24)26-11-15(25)21-13-5-3-12(18)4-6-13/h2-8,10H,1,9,11H2,(H,21,25). The molecule has 0 spiro atoms. The molecule has 0 atom stereocenters. The fraction of sp³-hybridized carbons (Fsp3) is 0.118. The van der Waals surface area contributed by atoms with Gasteiger partial charge in [-0.2, -0.15) is 0 Å². The molecule has 0 saturated heterocycles. The highest BCUT2D eigenvalue weighted by Gasteiger charge is 2.16. The third-order valence-corrected chi connectivity index (χ3v) is 4.50. The topological polar surface area (TPSA) is 85.6 Å². The first kappa shape index (κ1) is 18.1. The average molecular weight is 387 g/mol. The fourth-order valence-electron chi connectivity index (χ4n) is 2.15. The van der Waals surface area contributed by atoms with Gasteiger partial charge in [-0.25, -0.2) is 4.98 Å². The lowest BCUT2D eigenvalue weighted by Gasteiger charge is -2.07. The van der Waals surface area contributed by atoms with Gasteiger partial charge in [-0.1, -0.05) is 29.4 Å². The van der Waals surface area contributed by atoms with E-state index in [0.29, 0.717) is 33.9 Å². The predicted octanol–water partition coefficient (Wildman–Crippen LogP) is 3.31. The van der Waals surface area contributed by atoms with Crippen LogP contribution in [-0.2, 0) is 11.3 Å². The van der Waals surface area contributed by atoms with Crippen LogP contribution >= 0.6 is 23.4 Å². The zero-order chi connectivity index (χ0) is 18.4. The molecule has 0 fully saturated rings. The van der Waals surface area contributed by atoms with Crippen LogP contribution in [0.15, 0.2) is 60.7 Å². The van der Waals surface area contributed by atoms with E-state index in [9.17, 15) is 4.79 Å². The van der Waals surface area contributed by atoms with Gasteiger partial charge in [-0.3, -0.25) is 14.3 Å². The number of carbonyl (C=O) groups excluding carboxylic acids is 1. The maximum absolute atomic E-state index is 12.2. The summed E-state index contributed by atoms with van der Waals surface area (Å²) in [6, 6.07) is 6.94. The molecule has 1 aromatic carbocycles. The monoisotopic (exact) mass is 386 g/mol. The minimum atomic E-state index is -0.147. The molecule has 0 aliphatic heterocycles. The number of allylic oxidation sites excluding steroid dienone is 1. The molecule has 0 aliphatic carbocycles. The Morgan fingerprint density at radius 2 is 2.08 bits per heavy atom. The lowest BCUT2D eigenvalue weighted by Crippen LogP contribution is -2.14. The van der Waals surface area contributed by atoms with Crippen molar-refractivity contribution in [1.29, 1.82) is 0 Å². The Labute approximate surface area is 159 Å². The number of nitrogens with zero attached hydrogens (tertiary/aromatic N) is 5. The molecule has 0 unspecified atom stereocenters. The molecule has 1 N–H and O–H groups in total. The number of hydrogen-bond donors (Lipinski definition) is 1. The second-order valence-corrected chi connectivity index (χ2v) is 6.52. The van der Waals surface area contributed by atoms with Crippen molar-refractivity contribution in [3.05, 3.63) is 60.5 Å². The van der Waals surface area contributed by atoms with E-state index in [1.54, 1.807) is 48.9 Å². The Morgan fingerprint density at radius 3 is 2.77 bits per heavy atom. The molecule has 3 rings (SSSR count). The summed E-state index contributed by atoms with van der Waals surface area (Å²) in [7, 11) is 0. The minimum absolute atomic E-state index is 0.147. The molecule has 0 aliphatic rings. The van der Waals surface area contributed by atoms with Gasteiger partial charge in [0.1, 0.15) is 5.69 Å². The van der Waals surface area contributed by atoms with Crippen LogP contribution < -0.4 is 5.32 Å². The summed E-state index contributed by atoms with van der Waals surface area (Å²) in [4.78, 5) is 20.4. The van der Waals surface area contributed by atoms with E-state index in [-0.39, 0.29) is 11.7 Å². The number of rotatable bonds is 7. The molecule has 0 saturated carbocycles. The maximum Gasteiger partial charge on any atom is 0.234 e. The van der Waals surface area contributed by atoms with E-state index in [1.807, 2.05) is 4.57 Å². The Hall–Kier alpha value is -2.71. The van der Waals surface area contributed by atoms with Crippen LogP contribution in [0.4, 0.5) is 5.69 Å². The number of nitrogens with one attached hydrogen (secondary N) is 1. The van der Waals surface area contributed by atoms with Crippen LogP contribution in [0.25, 0.3) is 11.5 Å². The molecule has 0 radical (unpaired) electrons. The Balaban J connectivity index is 1.69. The van der Waals surface area contributed by atoms with E-state index in [0.717, 1.165) is 0 Å². The van der Waals surface area contributed by atoms with Crippen molar-refractivity contribution in [2.75, 3.05) is 11.1 Å². The van der Waals surface area contributed by atoms with E-state index >= 15 is 0 Å². The molecule has 7 nitrogen and oxygen atoms in total. The second kappa shape index (κ2) is 8.59. The number of hydrogen-bond acceptors (Lipinski definition) is 6. The lowest BCUT2D eigenvalue weighted by atomic mass is 10.3. The van der Waals surface area contributed by atoms with Gasteiger partial charge in [-0.05, 0) is 24.3 Å². The van der Waals surface area contributed by atoms with Gasteiger partial charge in [0.15, 0.2) is 11.0 Å². The Bertz CT molecular complexity index is 897. The molecule has 0 bridgehead atoms. The number of amides is 1. The largest absolute Gasteiger partial charge is 0.325 e. The maximum atomic E-state index is 12.2. The smallest absolute Gasteiger partial charge is 0.234 e. The van der Waals surface area contributed by atoms with Crippen LogP contribution in [-0.4, -0.2) is 36.4 Å². The number of carbonyl (C=O) groups is 1. The zero-order valence-electron chi connectivity index (χ0n) is 13.7. The summed E-state index contributed by atoms with van der Waals surface area (Å²) in [5.74, 6) is 0.628. The fourth-order valence-corrected chi connectivity index (χ4v) is 3.03. The van der Waals surface area contributed by atoms with Crippen molar-refractivity contribution in [1.82, 2.24) is 24.7 Å². The number of benzene rings is 1. The average Bonchev–Trinajstić information content (AvgIpc) is 3.06. The van der Waals surface area contributed by atoms with Gasteiger partial charge in [0.2, 0.25) is 5.91 Å². The minimum Gasteiger partial charge on any atom is -0.325 e. The molecule has 2 heterocycles. The highest BCUT2D eigenvalue weighted by Crippen LogP contribution is 2.22. The van der Waals surface area contributed by atoms with Gasteiger partial charge >= 0.3 is 0 Å². The molecule has 3 aromatic rings. The van der Waals surface area contributed by atoms with Crippen molar-refractivity contribution in [3.63, 3.8) is 0 Å².